The fraction of sp³-hybridized carbons (Fsp3) is 1.00. The van der Waals surface area contributed by atoms with Crippen molar-refractivity contribution in [1.82, 2.24) is 0 Å². The lowest BCUT2D eigenvalue weighted by Gasteiger charge is -2.07. The Labute approximate surface area is 171 Å². The Morgan fingerprint density at radius 1 is 0.536 bits per heavy atom. The quantitative estimate of drug-likeness (QED) is 0.195. The van der Waals surface area contributed by atoms with E-state index in [2.05, 4.69) is 11.1 Å². The summed E-state index contributed by atoms with van der Waals surface area (Å²) in [6, 6.07) is 0. The standard InChI is InChI=1S/C19H40O8S/c1-2-3-4-5-6-7-8-9-10-11-23-12-13-24-14-15-25-16-17-26-18-19-27-28(20,21)22/h2-19H2,1H3,(H,20,21,22). The molecule has 0 aromatic rings. The first-order valence-corrected chi connectivity index (χ1v) is 11.9. The molecule has 9 heteroatoms. The van der Waals surface area contributed by atoms with Crippen molar-refractivity contribution in [2.45, 2.75) is 64.7 Å². The Morgan fingerprint density at radius 2 is 0.893 bits per heavy atom. The van der Waals surface area contributed by atoms with Crippen LogP contribution >= 0.6 is 0 Å². The molecule has 170 valence electrons. The fourth-order valence-electron chi connectivity index (χ4n) is 2.47. The van der Waals surface area contributed by atoms with Gasteiger partial charge in [-0.05, 0) is 6.42 Å². The minimum absolute atomic E-state index is 0.0654. The van der Waals surface area contributed by atoms with Crippen LogP contribution in [-0.4, -0.2) is 72.4 Å². The van der Waals surface area contributed by atoms with Gasteiger partial charge in [0.1, 0.15) is 0 Å². The van der Waals surface area contributed by atoms with E-state index in [0.717, 1.165) is 13.0 Å². The molecule has 0 aromatic carbocycles. The largest absolute Gasteiger partial charge is 0.397 e. The van der Waals surface area contributed by atoms with Gasteiger partial charge in [-0.15, -0.1) is 0 Å². The highest BCUT2D eigenvalue weighted by atomic mass is 32.3. The summed E-state index contributed by atoms with van der Waals surface area (Å²) in [5, 5.41) is 0. The lowest BCUT2D eigenvalue weighted by molar-refractivity contribution is -0.00498. The zero-order valence-electron chi connectivity index (χ0n) is 17.4. The summed E-state index contributed by atoms with van der Waals surface area (Å²) in [6.07, 6.45) is 11.8. The van der Waals surface area contributed by atoms with Gasteiger partial charge < -0.3 is 18.9 Å². The van der Waals surface area contributed by atoms with Crippen molar-refractivity contribution < 1.29 is 36.1 Å². The summed E-state index contributed by atoms with van der Waals surface area (Å²) in [5.74, 6) is 0. The highest BCUT2D eigenvalue weighted by molar-refractivity contribution is 7.80. The van der Waals surface area contributed by atoms with Crippen LogP contribution < -0.4 is 0 Å². The third kappa shape index (κ3) is 25.7. The molecule has 0 amide bonds. The smallest absolute Gasteiger partial charge is 0.379 e. The average Bonchev–Trinajstić information content (AvgIpc) is 2.65. The van der Waals surface area contributed by atoms with Gasteiger partial charge in [0.05, 0.1) is 52.9 Å². The maximum absolute atomic E-state index is 10.3. The molecule has 0 aliphatic rings. The second-order valence-corrected chi connectivity index (χ2v) is 7.62. The molecule has 0 saturated heterocycles. The van der Waals surface area contributed by atoms with Crippen molar-refractivity contribution in [3.8, 4) is 0 Å². The molecule has 0 radical (unpaired) electrons. The van der Waals surface area contributed by atoms with E-state index >= 15 is 0 Å². The van der Waals surface area contributed by atoms with E-state index in [1.807, 2.05) is 0 Å². The van der Waals surface area contributed by atoms with E-state index in [1.165, 1.54) is 51.4 Å². The Kier molecular flexibility index (Phi) is 21.2. The zero-order chi connectivity index (χ0) is 20.8. The van der Waals surface area contributed by atoms with Gasteiger partial charge >= 0.3 is 10.4 Å². The van der Waals surface area contributed by atoms with Gasteiger partial charge in [0.2, 0.25) is 0 Å². The summed E-state index contributed by atoms with van der Waals surface area (Å²) in [4.78, 5) is 0. The molecule has 0 atom stereocenters. The van der Waals surface area contributed by atoms with E-state index in [4.69, 9.17) is 23.5 Å². The second kappa shape index (κ2) is 21.4. The van der Waals surface area contributed by atoms with Gasteiger partial charge in [-0.25, -0.2) is 4.18 Å². The van der Waals surface area contributed by atoms with Gasteiger partial charge in [0.15, 0.2) is 0 Å². The van der Waals surface area contributed by atoms with Gasteiger partial charge in [-0.3, -0.25) is 4.55 Å². The van der Waals surface area contributed by atoms with Crippen molar-refractivity contribution in [2.24, 2.45) is 0 Å². The first kappa shape index (κ1) is 27.7. The van der Waals surface area contributed by atoms with Gasteiger partial charge in [0, 0.05) is 6.61 Å². The van der Waals surface area contributed by atoms with Crippen LogP contribution in [0.15, 0.2) is 0 Å². The molecule has 0 aliphatic heterocycles. The first-order chi connectivity index (χ1) is 13.6. The van der Waals surface area contributed by atoms with Crippen molar-refractivity contribution in [3.63, 3.8) is 0 Å². The lowest BCUT2D eigenvalue weighted by Crippen LogP contribution is -2.14. The SMILES string of the molecule is CCCCCCCCCCCOCCOCCOCCOCCOS(=O)(=O)O. The molecule has 0 unspecified atom stereocenters. The van der Waals surface area contributed by atoms with Crippen molar-refractivity contribution in [3.05, 3.63) is 0 Å². The van der Waals surface area contributed by atoms with Gasteiger partial charge in [-0.2, -0.15) is 8.42 Å². The molecule has 28 heavy (non-hydrogen) atoms. The van der Waals surface area contributed by atoms with Crippen LogP contribution in [0.5, 0.6) is 0 Å². The molecule has 8 nitrogen and oxygen atoms in total. The number of rotatable bonds is 23. The minimum atomic E-state index is -4.39. The molecule has 0 aromatic heterocycles. The highest BCUT2D eigenvalue weighted by Gasteiger charge is 2.02. The summed E-state index contributed by atoms with van der Waals surface area (Å²) in [7, 11) is -4.39. The van der Waals surface area contributed by atoms with E-state index < -0.39 is 10.4 Å². The Morgan fingerprint density at radius 3 is 1.32 bits per heavy atom. The third-order valence-corrected chi connectivity index (χ3v) is 4.43. The predicted octanol–water partition coefficient (Wildman–Crippen LogP) is 3.40. The summed E-state index contributed by atoms with van der Waals surface area (Å²) in [5.41, 5.74) is 0. The Bertz CT molecular complexity index is 403. The topological polar surface area (TPSA) is 101 Å². The van der Waals surface area contributed by atoms with Crippen LogP contribution in [0.25, 0.3) is 0 Å². The van der Waals surface area contributed by atoms with E-state index in [9.17, 15) is 8.42 Å². The van der Waals surface area contributed by atoms with Crippen LogP contribution in [0, 0.1) is 0 Å². The van der Waals surface area contributed by atoms with Crippen molar-refractivity contribution in [1.29, 1.82) is 0 Å². The summed E-state index contributed by atoms with van der Waals surface area (Å²) >= 11 is 0. The summed E-state index contributed by atoms with van der Waals surface area (Å²) in [6.45, 7) is 5.71. The van der Waals surface area contributed by atoms with Crippen LogP contribution in [0.2, 0.25) is 0 Å². The normalized spacial score (nSPS) is 11.9. The second-order valence-electron chi connectivity index (χ2n) is 6.53. The van der Waals surface area contributed by atoms with E-state index in [-0.39, 0.29) is 13.2 Å². The summed E-state index contributed by atoms with van der Waals surface area (Å²) < 4.78 is 54.3. The molecule has 0 spiro atoms. The zero-order valence-corrected chi connectivity index (χ0v) is 18.3. The minimum Gasteiger partial charge on any atom is -0.379 e. The van der Waals surface area contributed by atoms with E-state index in [1.54, 1.807) is 0 Å². The molecule has 0 rings (SSSR count). The first-order valence-electron chi connectivity index (χ1n) is 10.5. The number of hydrogen-bond acceptors (Lipinski definition) is 7. The molecule has 0 aliphatic carbocycles. The van der Waals surface area contributed by atoms with Crippen molar-refractivity contribution in [2.75, 3.05) is 59.5 Å². The molecule has 1 N–H and O–H groups in total. The number of unbranched alkanes of at least 4 members (excludes halogenated alkanes) is 8. The average molecular weight is 429 g/mol. The molecule has 0 saturated carbocycles. The maximum Gasteiger partial charge on any atom is 0.397 e. The van der Waals surface area contributed by atoms with Crippen LogP contribution in [0.3, 0.4) is 0 Å². The molecular formula is C19H40O8S. The Hall–Kier alpha value is -0.290. The van der Waals surface area contributed by atoms with E-state index in [0.29, 0.717) is 39.6 Å². The maximum atomic E-state index is 10.3. The molecule has 0 bridgehead atoms. The third-order valence-electron chi connectivity index (χ3n) is 3.97. The number of ether oxygens (including phenoxy) is 4. The van der Waals surface area contributed by atoms with Crippen molar-refractivity contribution >= 4 is 10.4 Å². The number of hydrogen-bond donors (Lipinski definition) is 1. The monoisotopic (exact) mass is 428 g/mol. The molecule has 0 heterocycles. The van der Waals surface area contributed by atoms with Gasteiger partial charge in [0.25, 0.3) is 0 Å². The molecule has 0 fully saturated rings. The molecular weight excluding hydrogens is 388 g/mol. The van der Waals surface area contributed by atoms with Crippen LogP contribution in [0.4, 0.5) is 0 Å². The Balaban J connectivity index is 3.03. The highest BCUT2D eigenvalue weighted by Crippen LogP contribution is 2.09. The van der Waals surface area contributed by atoms with Crippen LogP contribution in [-0.2, 0) is 33.5 Å². The van der Waals surface area contributed by atoms with Gasteiger partial charge in [-0.1, -0.05) is 58.3 Å². The lowest BCUT2D eigenvalue weighted by atomic mass is 10.1. The fourth-order valence-corrected chi connectivity index (χ4v) is 2.75. The predicted molar refractivity (Wildman–Crippen MR) is 108 cm³/mol. The van der Waals surface area contributed by atoms with Crippen LogP contribution in [0.1, 0.15) is 64.7 Å².